The van der Waals surface area contributed by atoms with Crippen molar-refractivity contribution in [2.24, 2.45) is 0 Å². The molecule has 1 amide bonds. The molecule has 9 heteroatoms. The Kier molecular flexibility index (Phi) is 6.06. The molecule has 1 unspecified atom stereocenters. The van der Waals surface area contributed by atoms with Crippen molar-refractivity contribution in [2.75, 3.05) is 6.66 Å². The highest BCUT2D eigenvalue weighted by atomic mass is 31.1. The van der Waals surface area contributed by atoms with Gasteiger partial charge in [0.15, 0.2) is 11.2 Å². The molecule has 2 atom stereocenters. The second-order valence-electron chi connectivity index (χ2n) is 9.08. The summed E-state index contributed by atoms with van der Waals surface area (Å²) in [7, 11) is 0.0520. The molecule has 1 N–H and O–H groups in total. The van der Waals surface area contributed by atoms with Crippen LogP contribution in [0.3, 0.4) is 0 Å². The van der Waals surface area contributed by atoms with Gasteiger partial charge < -0.3 is 10.1 Å². The highest BCUT2D eigenvalue weighted by Gasteiger charge is 2.30. The lowest BCUT2D eigenvalue weighted by atomic mass is 9.97. The van der Waals surface area contributed by atoms with Gasteiger partial charge in [0, 0.05) is 6.07 Å². The second-order valence-corrected chi connectivity index (χ2v) is 10.0. The van der Waals surface area contributed by atoms with Gasteiger partial charge in [0.05, 0.1) is 17.8 Å². The fourth-order valence-electron chi connectivity index (χ4n) is 4.14. The molecule has 1 aliphatic rings. The first-order valence-electron chi connectivity index (χ1n) is 10.8. The summed E-state index contributed by atoms with van der Waals surface area (Å²) in [6, 6.07) is 6.62. The van der Waals surface area contributed by atoms with Crippen LogP contribution in [0.4, 0.5) is 0 Å². The van der Waals surface area contributed by atoms with Gasteiger partial charge in [-0.25, -0.2) is 14.3 Å². The van der Waals surface area contributed by atoms with E-state index >= 15 is 0 Å². The quantitative estimate of drug-likeness (QED) is 0.453. The van der Waals surface area contributed by atoms with Crippen molar-refractivity contribution >= 4 is 31.6 Å². The minimum Gasteiger partial charge on any atom is -0.456 e. The SMILES string of the molecule is CPC(=O)c1cc(C(=O)N[C@H]2CCc3c2ccc(C(=O)OC(C)(C)C)c3C)n2nccc2n1. The Morgan fingerprint density at radius 2 is 1.97 bits per heavy atom. The maximum atomic E-state index is 13.2. The largest absolute Gasteiger partial charge is 0.456 e. The topological polar surface area (TPSA) is 103 Å². The van der Waals surface area contributed by atoms with E-state index in [-0.39, 0.29) is 43.4 Å². The first kappa shape index (κ1) is 23.1. The van der Waals surface area contributed by atoms with Crippen molar-refractivity contribution < 1.29 is 19.1 Å². The molecule has 8 nitrogen and oxygen atoms in total. The van der Waals surface area contributed by atoms with Crippen LogP contribution in [0.5, 0.6) is 0 Å². The smallest absolute Gasteiger partial charge is 0.338 e. The van der Waals surface area contributed by atoms with E-state index in [4.69, 9.17) is 4.74 Å². The molecule has 0 radical (unpaired) electrons. The fraction of sp³-hybridized carbons (Fsp3) is 0.375. The van der Waals surface area contributed by atoms with Gasteiger partial charge in [-0.2, -0.15) is 5.10 Å². The first-order valence-corrected chi connectivity index (χ1v) is 12.3. The Labute approximate surface area is 193 Å². The molecule has 3 aromatic rings. The van der Waals surface area contributed by atoms with E-state index in [1.54, 1.807) is 25.0 Å². The monoisotopic (exact) mass is 466 g/mol. The zero-order valence-corrected chi connectivity index (χ0v) is 20.4. The van der Waals surface area contributed by atoms with Gasteiger partial charge in [0.2, 0.25) is 0 Å². The Hall–Kier alpha value is -3.12. The molecule has 172 valence electrons. The molecule has 0 saturated carbocycles. The number of hydrogen-bond donors (Lipinski definition) is 1. The summed E-state index contributed by atoms with van der Waals surface area (Å²) in [4.78, 5) is 42.4. The lowest BCUT2D eigenvalue weighted by Gasteiger charge is -2.21. The number of nitrogens with one attached hydrogen (secondary N) is 1. The predicted molar refractivity (Wildman–Crippen MR) is 126 cm³/mol. The highest BCUT2D eigenvalue weighted by molar-refractivity contribution is 7.58. The number of benzene rings is 1. The summed E-state index contributed by atoms with van der Waals surface area (Å²) in [6.07, 6.45) is 3.01. The summed E-state index contributed by atoms with van der Waals surface area (Å²) >= 11 is 0. The second kappa shape index (κ2) is 8.67. The zero-order chi connectivity index (χ0) is 23.9. The van der Waals surface area contributed by atoms with Gasteiger partial charge in [-0.15, -0.1) is 0 Å². The maximum absolute atomic E-state index is 13.2. The van der Waals surface area contributed by atoms with Gasteiger partial charge >= 0.3 is 5.97 Å². The number of aromatic nitrogens is 3. The normalized spacial score (nSPS) is 15.7. The molecule has 1 aliphatic carbocycles. The summed E-state index contributed by atoms with van der Waals surface area (Å²) in [5.41, 5.74) is 3.79. The van der Waals surface area contributed by atoms with Crippen LogP contribution in [0.2, 0.25) is 0 Å². The van der Waals surface area contributed by atoms with Crippen molar-refractivity contribution in [2.45, 2.75) is 52.2 Å². The zero-order valence-electron chi connectivity index (χ0n) is 19.4. The minimum absolute atomic E-state index is 0.0520. The van der Waals surface area contributed by atoms with E-state index in [9.17, 15) is 14.4 Å². The van der Waals surface area contributed by atoms with Gasteiger partial charge in [0.1, 0.15) is 17.0 Å². The van der Waals surface area contributed by atoms with Crippen LogP contribution in [0, 0.1) is 6.92 Å². The van der Waals surface area contributed by atoms with Crippen LogP contribution in [-0.2, 0) is 11.2 Å². The van der Waals surface area contributed by atoms with Crippen molar-refractivity contribution in [1.82, 2.24) is 19.9 Å². The average molecular weight is 466 g/mol. The molecule has 1 aromatic carbocycles. The predicted octanol–water partition coefficient (Wildman–Crippen LogP) is 3.86. The molecule has 33 heavy (non-hydrogen) atoms. The maximum Gasteiger partial charge on any atom is 0.338 e. The van der Waals surface area contributed by atoms with E-state index in [0.717, 1.165) is 29.5 Å². The number of esters is 1. The number of carbonyl (C=O) groups excluding carboxylic acids is 3. The molecule has 0 aliphatic heterocycles. The van der Waals surface area contributed by atoms with Crippen molar-refractivity contribution in [3.8, 4) is 0 Å². The third-order valence-electron chi connectivity index (χ3n) is 5.67. The van der Waals surface area contributed by atoms with Gasteiger partial charge in [-0.1, -0.05) is 6.07 Å². The lowest BCUT2D eigenvalue weighted by Crippen LogP contribution is -2.29. The molecule has 4 rings (SSSR count). The molecule has 0 bridgehead atoms. The number of ether oxygens (including phenoxy) is 1. The van der Waals surface area contributed by atoms with Crippen LogP contribution in [-0.4, -0.2) is 44.3 Å². The van der Waals surface area contributed by atoms with Crippen LogP contribution >= 0.6 is 8.58 Å². The van der Waals surface area contributed by atoms with Crippen molar-refractivity contribution in [1.29, 1.82) is 0 Å². The summed E-state index contributed by atoms with van der Waals surface area (Å²) in [6.45, 7) is 9.23. The van der Waals surface area contributed by atoms with E-state index in [1.165, 1.54) is 10.6 Å². The summed E-state index contributed by atoms with van der Waals surface area (Å²) < 4.78 is 6.98. The van der Waals surface area contributed by atoms with Crippen LogP contribution in [0.25, 0.3) is 5.65 Å². The Balaban J connectivity index is 1.61. The summed E-state index contributed by atoms with van der Waals surface area (Å²) in [5.74, 6) is -0.673. The number of rotatable bonds is 5. The molecule has 0 spiro atoms. The summed E-state index contributed by atoms with van der Waals surface area (Å²) in [5, 5.41) is 7.27. The molecule has 2 heterocycles. The van der Waals surface area contributed by atoms with Gasteiger partial charge in [-0.05, 0) is 84.6 Å². The van der Waals surface area contributed by atoms with Gasteiger partial charge in [-0.3, -0.25) is 9.59 Å². The van der Waals surface area contributed by atoms with E-state index < -0.39 is 5.60 Å². The number of fused-ring (bicyclic) bond motifs is 2. The van der Waals surface area contributed by atoms with Crippen molar-refractivity contribution in [3.63, 3.8) is 0 Å². The first-order chi connectivity index (χ1) is 15.6. The molecule has 2 aromatic heterocycles. The molecule has 0 fully saturated rings. The fourth-order valence-corrected chi connectivity index (χ4v) is 4.52. The molecular weight excluding hydrogens is 439 g/mol. The van der Waals surface area contributed by atoms with E-state index in [1.807, 2.05) is 33.8 Å². The number of nitrogens with zero attached hydrogens (tertiary/aromatic N) is 3. The molecular formula is C24H27N4O4P. The Morgan fingerprint density at radius 1 is 1.21 bits per heavy atom. The number of amides is 1. The van der Waals surface area contributed by atoms with Crippen LogP contribution in [0.15, 0.2) is 30.5 Å². The average Bonchev–Trinajstić information content (AvgIpc) is 3.38. The van der Waals surface area contributed by atoms with Crippen LogP contribution < -0.4 is 5.32 Å². The Bertz CT molecular complexity index is 1280. The third-order valence-corrected chi connectivity index (χ3v) is 6.38. The highest BCUT2D eigenvalue weighted by Crippen LogP contribution is 2.35. The number of hydrogen-bond acceptors (Lipinski definition) is 6. The third kappa shape index (κ3) is 4.53. The number of carbonyl (C=O) groups is 3. The minimum atomic E-state index is -0.570. The molecule has 0 saturated heterocycles. The van der Waals surface area contributed by atoms with E-state index in [2.05, 4.69) is 15.4 Å². The van der Waals surface area contributed by atoms with Crippen molar-refractivity contribution in [3.05, 3.63) is 64.1 Å². The Morgan fingerprint density at radius 3 is 2.67 bits per heavy atom. The lowest BCUT2D eigenvalue weighted by molar-refractivity contribution is 0.00684. The standard InChI is InChI=1S/C24H27N4O4P/c1-13-14-8-9-17(16(14)7-6-15(13)22(30)32-24(2,3)4)27-21(29)19-12-18(23(31)33-5)26-20-10-11-25-28(19)20/h6-7,10-12,17,33H,8-9H2,1-5H3,(H,27,29)/t17-/m0/s1. The van der Waals surface area contributed by atoms with Gasteiger partial charge in [0.25, 0.3) is 5.91 Å². The van der Waals surface area contributed by atoms with Crippen LogP contribution in [0.1, 0.15) is 81.3 Å². The van der Waals surface area contributed by atoms with E-state index in [0.29, 0.717) is 11.2 Å².